The Morgan fingerprint density at radius 3 is 2.64 bits per heavy atom. The molecule has 2 aromatic heterocycles. The van der Waals surface area contributed by atoms with E-state index in [1.165, 1.54) is 38.2 Å². The molecule has 5 heterocycles. The molecule has 1 N–H and O–H groups in total. The van der Waals surface area contributed by atoms with Crippen LogP contribution in [0.1, 0.15) is 35.8 Å². The molecule has 0 aromatic carbocycles. The molecule has 4 aliphatic rings. The number of halogens is 1. The molecule has 0 radical (unpaired) electrons. The van der Waals surface area contributed by atoms with E-state index >= 15 is 0 Å². The molecule has 134 valence electrons. The lowest BCUT2D eigenvalue weighted by Gasteiger charge is -2.55. The molecule has 1 amide bonds. The van der Waals surface area contributed by atoms with Crippen LogP contribution in [0, 0.1) is 17.8 Å². The summed E-state index contributed by atoms with van der Waals surface area (Å²) in [5.74, 6) is 2.29. The fourth-order valence-corrected chi connectivity index (χ4v) is 5.55. The van der Waals surface area contributed by atoms with Crippen molar-refractivity contribution >= 4 is 23.8 Å². The van der Waals surface area contributed by atoms with Gasteiger partial charge in [-0.25, -0.2) is 0 Å². The number of amides is 1. The fourth-order valence-electron chi connectivity index (χ4n) is 5.55. The highest BCUT2D eigenvalue weighted by atomic mass is 35.5. The molecular formula is C20H26ClN3O. The molecule has 5 heteroatoms. The van der Waals surface area contributed by atoms with E-state index in [0.717, 1.165) is 23.4 Å². The maximum Gasteiger partial charge on any atom is 0.253 e. The largest absolute Gasteiger partial charge is 0.349 e. The quantitative estimate of drug-likeness (QED) is 0.914. The number of pyridine rings is 1. The summed E-state index contributed by atoms with van der Waals surface area (Å²) in [6.45, 7) is 5.78. The summed E-state index contributed by atoms with van der Waals surface area (Å²) in [6.07, 6.45) is 5.59. The van der Waals surface area contributed by atoms with Crippen LogP contribution in [0.5, 0.6) is 0 Å². The Morgan fingerprint density at radius 2 is 1.96 bits per heavy atom. The van der Waals surface area contributed by atoms with Gasteiger partial charge < -0.3 is 14.6 Å². The van der Waals surface area contributed by atoms with Gasteiger partial charge in [-0.05, 0) is 55.2 Å². The minimum absolute atomic E-state index is 0. The molecule has 6 rings (SSSR count). The maximum absolute atomic E-state index is 13.0. The first-order valence-corrected chi connectivity index (χ1v) is 9.35. The number of fused-ring (bicyclic) bond motifs is 1. The van der Waals surface area contributed by atoms with Crippen LogP contribution in [0.3, 0.4) is 0 Å². The summed E-state index contributed by atoms with van der Waals surface area (Å²) in [7, 11) is 0. The Balaban J connectivity index is 0.00000157. The third-order valence-corrected chi connectivity index (χ3v) is 6.45. The summed E-state index contributed by atoms with van der Waals surface area (Å²) in [4.78, 5) is 15.7. The van der Waals surface area contributed by atoms with Crippen LogP contribution in [0.25, 0.3) is 5.52 Å². The lowest BCUT2D eigenvalue weighted by molar-refractivity contribution is -0.0418. The molecule has 3 saturated heterocycles. The first kappa shape index (κ1) is 16.9. The third kappa shape index (κ3) is 2.67. The van der Waals surface area contributed by atoms with E-state index in [9.17, 15) is 4.79 Å². The molecule has 1 saturated carbocycles. The van der Waals surface area contributed by atoms with Gasteiger partial charge in [0.25, 0.3) is 5.91 Å². The van der Waals surface area contributed by atoms with Gasteiger partial charge in [0.05, 0.1) is 11.1 Å². The van der Waals surface area contributed by atoms with Crippen LogP contribution < -0.4 is 5.32 Å². The molecule has 0 unspecified atom stereocenters. The molecule has 4 bridgehead atoms. The average molecular weight is 360 g/mol. The molecule has 3 aliphatic heterocycles. The molecule has 25 heavy (non-hydrogen) atoms. The first-order chi connectivity index (χ1) is 11.7. The number of nitrogens with zero attached hydrogens (tertiary/aromatic N) is 2. The predicted molar refractivity (Wildman–Crippen MR) is 101 cm³/mol. The van der Waals surface area contributed by atoms with Gasteiger partial charge in [-0.3, -0.25) is 4.79 Å². The van der Waals surface area contributed by atoms with Crippen molar-refractivity contribution in [3.63, 3.8) is 0 Å². The number of carbonyl (C=O) groups excluding carboxylic acids is 1. The van der Waals surface area contributed by atoms with Crippen LogP contribution in [0.2, 0.25) is 0 Å². The second-order valence-electron chi connectivity index (χ2n) is 7.93. The molecule has 1 aliphatic carbocycles. The molecule has 4 fully saturated rings. The molecule has 4 nitrogen and oxygen atoms in total. The van der Waals surface area contributed by atoms with Gasteiger partial charge in [-0.1, -0.05) is 13.0 Å². The van der Waals surface area contributed by atoms with E-state index < -0.39 is 0 Å². The fraction of sp³-hybridized carbons (Fsp3) is 0.550. The third-order valence-electron chi connectivity index (χ3n) is 6.45. The maximum atomic E-state index is 13.0. The summed E-state index contributed by atoms with van der Waals surface area (Å²) < 4.78 is 2.15. The highest BCUT2D eigenvalue weighted by molar-refractivity contribution is 6.01. The Labute approximate surface area is 155 Å². The van der Waals surface area contributed by atoms with Crippen molar-refractivity contribution in [2.75, 3.05) is 19.6 Å². The number of aromatic nitrogens is 1. The molecular weight excluding hydrogens is 334 g/mol. The van der Waals surface area contributed by atoms with Crippen LogP contribution in [0.4, 0.5) is 0 Å². The number of nitrogens with one attached hydrogen (secondary N) is 1. The SMILES string of the molecule is CCc1cc(C(=O)NC2[C@@H]3CC4C[C@@H]2CN(C4)C3)c2ccccn12.Cl. The van der Waals surface area contributed by atoms with E-state index in [1.54, 1.807) is 0 Å². The van der Waals surface area contributed by atoms with E-state index in [1.807, 2.05) is 12.1 Å². The lowest BCUT2D eigenvalue weighted by Crippen LogP contribution is -2.64. The van der Waals surface area contributed by atoms with Crippen LogP contribution in [-0.4, -0.2) is 40.9 Å². The van der Waals surface area contributed by atoms with Gasteiger partial charge in [-0.15, -0.1) is 12.4 Å². The van der Waals surface area contributed by atoms with Crippen LogP contribution in [-0.2, 0) is 6.42 Å². The van der Waals surface area contributed by atoms with Crippen molar-refractivity contribution in [3.05, 3.63) is 41.7 Å². The van der Waals surface area contributed by atoms with Gasteiger partial charge in [0.2, 0.25) is 0 Å². The second-order valence-corrected chi connectivity index (χ2v) is 7.93. The van der Waals surface area contributed by atoms with Gasteiger partial charge in [-0.2, -0.15) is 0 Å². The molecule has 2 aromatic rings. The number of piperidine rings is 3. The van der Waals surface area contributed by atoms with E-state index in [-0.39, 0.29) is 18.3 Å². The van der Waals surface area contributed by atoms with Gasteiger partial charge in [0.15, 0.2) is 0 Å². The Bertz CT molecular complexity index is 771. The van der Waals surface area contributed by atoms with Crippen molar-refractivity contribution in [1.82, 2.24) is 14.6 Å². The number of hydrogen-bond acceptors (Lipinski definition) is 2. The average Bonchev–Trinajstić information content (AvgIpc) is 2.96. The van der Waals surface area contributed by atoms with Crippen LogP contribution >= 0.6 is 12.4 Å². The van der Waals surface area contributed by atoms with Crippen LogP contribution in [0.15, 0.2) is 30.5 Å². The van der Waals surface area contributed by atoms with Gasteiger partial charge in [0, 0.05) is 37.6 Å². The predicted octanol–water partition coefficient (Wildman–Crippen LogP) is 2.99. The Kier molecular flexibility index (Phi) is 4.28. The van der Waals surface area contributed by atoms with Crippen molar-refractivity contribution in [2.45, 2.75) is 32.2 Å². The zero-order chi connectivity index (χ0) is 16.3. The zero-order valence-corrected chi connectivity index (χ0v) is 15.5. The topological polar surface area (TPSA) is 36.8 Å². The Morgan fingerprint density at radius 1 is 1.20 bits per heavy atom. The highest BCUT2D eigenvalue weighted by Crippen LogP contribution is 2.43. The minimum Gasteiger partial charge on any atom is -0.349 e. The van der Waals surface area contributed by atoms with Gasteiger partial charge >= 0.3 is 0 Å². The summed E-state index contributed by atoms with van der Waals surface area (Å²) in [5.41, 5.74) is 3.06. The Hall–Kier alpha value is -1.52. The summed E-state index contributed by atoms with van der Waals surface area (Å²) in [6, 6.07) is 8.54. The van der Waals surface area contributed by atoms with Crippen molar-refractivity contribution < 1.29 is 4.79 Å². The first-order valence-electron chi connectivity index (χ1n) is 9.35. The number of carbonyl (C=O) groups is 1. The second kappa shape index (κ2) is 6.33. The summed E-state index contributed by atoms with van der Waals surface area (Å²) in [5, 5.41) is 3.43. The highest BCUT2D eigenvalue weighted by Gasteiger charge is 2.47. The van der Waals surface area contributed by atoms with Crippen molar-refractivity contribution in [2.24, 2.45) is 17.8 Å². The summed E-state index contributed by atoms with van der Waals surface area (Å²) >= 11 is 0. The lowest BCUT2D eigenvalue weighted by atomic mass is 9.65. The number of hydrogen-bond donors (Lipinski definition) is 1. The van der Waals surface area contributed by atoms with Gasteiger partial charge in [0.1, 0.15) is 0 Å². The van der Waals surface area contributed by atoms with Crippen molar-refractivity contribution in [3.8, 4) is 0 Å². The zero-order valence-electron chi connectivity index (χ0n) is 14.6. The van der Waals surface area contributed by atoms with E-state index in [0.29, 0.717) is 17.9 Å². The number of aryl methyl sites for hydroxylation is 1. The smallest absolute Gasteiger partial charge is 0.253 e. The molecule has 2 atom stereocenters. The van der Waals surface area contributed by atoms with E-state index in [2.05, 4.69) is 39.9 Å². The normalized spacial score (nSPS) is 32.6. The van der Waals surface area contributed by atoms with Crippen molar-refractivity contribution in [1.29, 1.82) is 0 Å². The monoisotopic (exact) mass is 359 g/mol. The molecule has 0 spiro atoms. The number of rotatable bonds is 3. The van der Waals surface area contributed by atoms with E-state index in [4.69, 9.17) is 0 Å². The minimum atomic E-state index is 0. The standard InChI is InChI=1S/C20H25N3O.ClH/c1-2-16-9-17(18-5-3-4-6-23(16)18)20(24)21-19-14-7-13-8-15(19)12-22(10-13)11-14;/h3-6,9,13-15,19H,2,7-8,10-12H2,1H3,(H,21,24);1H/t13?,14-,15-,19?;/m1./s1.